The van der Waals surface area contributed by atoms with E-state index in [0.29, 0.717) is 6.61 Å². The second-order valence-electron chi connectivity index (χ2n) is 2.41. The molecule has 62 valence electrons. The average molecular weight is 171 g/mol. The molecule has 0 spiro atoms. The Morgan fingerprint density at radius 3 is 2.85 bits per heavy atom. The van der Waals surface area contributed by atoms with Gasteiger partial charge < -0.3 is 4.74 Å². The van der Waals surface area contributed by atoms with Gasteiger partial charge in [-0.1, -0.05) is 10.9 Å². The van der Waals surface area contributed by atoms with E-state index in [1.54, 1.807) is 6.92 Å². The maximum absolute atomic E-state index is 11.2. The van der Waals surface area contributed by atoms with E-state index in [1.165, 1.54) is 12.4 Å². The van der Waals surface area contributed by atoms with Crippen molar-refractivity contribution in [1.82, 2.24) is 4.98 Å². The van der Waals surface area contributed by atoms with Crippen LogP contribution in [0.25, 0.3) is 0 Å². The van der Waals surface area contributed by atoms with E-state index in [2.05, 4.69) is 4.98 Å². The van der Waals surface area contributed by atoms with E-state index >= 15 is 0 Å². The third kappa shape index (κ3) is 2.11. The zero-order valence-corrected chi connectivity index (χ0v) is 7.28. The van der Waals surface area contributed by atoms with Crippen LogP contribution in [0.15, 0.2) is 12.4 Å². The van der Waals surface area contributed by atoms with E-state index < -0.39 is 5.97 Å². The van der Waals surface area contributed by atoms with Crippen LogP contribution in [0.5, 0.6) is 0 Å². The van der Waals surface area contributed by atoms with Crippen LogP contribution in [0, 0.1) is 0 Å². The molecule has 0 N–H and O–H groups in total. The summed E-state index contributed by atoms with van der Waals surface area (Å²) >= 11 is 0. The first-order chi connectivity index (χ1) is 6.16. The topological polar surface area (TPSA) is 39.2 Å². The predicted octanol–water partition coefficient (Wildman–Crippen LogP) is -1.15. The van der Waals surface area contributed by atoms with Gasteiger partial charge in [-0.2, -0.15) is 0 Å². The fourth-order valence-electron chi connectivity index (χ4n) is 0.858. The van der Waals surface area contributed by atoms with Crippen LogP contribution < -0.4 is 10.9 Å². The van der Waals surface area contributed by atoms with Gasteiger partial charge >= 0.3 is 5.97 Å². The molecule has 0 aliphatic heterocycles. The van der Waals surface area contributed by atoms with Gasteiger partial charge in [0, 0.05) is 12.4 Å². The van der Waals surface area contributed by atoms with Gasteiger partial charge in [0.15, 0.2) is 0 Å². The van der Waals surface area contributed by atoms with Crippen molar-refractivity contribution in [1.29, 1.82) is 0 Å². The number of pyridine rings is 1. The lowest BCUT2D eigenvalue weighted by molar-refractivity contribution is 0.0527. The molecule has 0 saturated carbocycles. The van der Waals surface area contributed by atoms with Gasteiger partial charge in [-0.05, 0) is 6.92 Å². The third-order valence-electron chi connectivity index (χ3n) is 1.51. The number of aromatic nitrogens is 1. The van der Waals surface area contributed by atoms with Crippen molar-refractivity contribution < 1.29 is 9.53 Å². The van der Waals surface area contributed by atoms with Crippen molar-refractivity contribution in [2.75, 3.05) is 6.61 Å². The standard InChI is InChI=1S/C8H7B2NO2/c1-2-13-8(12)5-3-11-4-6(9)7(5)10/h3-4H,2H2,1H3. The molecule has 0 aromatic carbocycles. The Balaban J connectivity index is 3.01. The Hall–Kier alpha value is -1.25. The number of ether oxygens (including phenoxy) is 1. The second kappa shape index (κ2) is 4.12. The molecular formula is C8H7B2NO2. The highest BCUT2D eigenvalue weighted by atomic mass is 16.5. The van der Waals surface area contributed by atoms with Crippen LogP contribution in [0.1, 0.15) is 17.3 Å². The largest absolute Gasteiger partial charge is 0.462 e. The van der Waals surface area contributed by atoms with E-state index in [0.717, 1.165) is 0 Å². The van der Waals surface area contributed by atoms with Crippen LogP contribution in [-0.4, -0.2) is 33.3 Å². The van der Waals surface area contributed by atoms with E-state index in [-0.39, 0.29) is 16.5 Å². The quantitative estimate of drug-likeness (QED) is 0.416. The van der Waals surface area contributed by atoms with Crippen molar-refractivity contribution in [3.05, 3.63) is 18.0 Å². The van der Waals surface area contributed by atoms with Crippen molar-refractivity contribution in [2.45, 2.75) is 6.92 Å². The lowest BCUT2D eigenvalue weighted by Gasteiger charge is -2.06. The minimum absolute atomic E-state index is 0.210. The number of rotatable bonds is 2. The molecule has 0 unspecified atom stereocenters. The lowest BCUT2D eigenvalue weighted by Crippen LogP contribution is -2.32. The Kier molecular flexibility index (Phi) is 3.12. The average Bonchev–Trinajstić information content (AvgIpc) is 2.10. The van der Waals surface area contributed by atoms with E-state index in [4.69, 9.17) is 20.4 Å². The second-order valence-corrected chi connectivity index (χ2v) is 2.41. The summed E-state index contributed by atoms with van der Waals surface area (Å²) in [6.07, 6.45) is 2.72. The molecule has 0 amide bonds. The number of hydrogen-bond donors (Lipinski definition) is 0. The van der Waals surface area contributed by atoms with Gasteiger partial charge in [-0.3, -0.25) is 4.98 Å². The van der Waals surface area contributed by atoms with Gasteiger partial charge in [0.1, 0.15) is 15.7 Å². The predicted molar refractivity (Wildman–Crippen MR) is 51.0 cm³/mol. The zero-order valence-electron chi connectivity index (χ0n) is 7.28. The Morgan fingerprint density at radius 2 is 2.23 bits per heavy atom. The Bertz CT molecular complexity index is 328. The summed E-state index contributed by atoms with van der Waals surface area (Å²) in [7, 11) is 11.0. The van der Waals surface area contributed by atoms with Crippen LogP contribution in [0.3, 0.4) is 0 Å². The molecule has 1 rings (SSSR count). The smallest absolute Gasteiger partial charge is 0.339 e. The maximum atomic E-state index is 11.2. The number of esters is 1. The SMILES string of the molecule is [B]c1cncc(C(=O)OCC)c1[B]. The molecule has 5 heteroatoms. The summed E-state index contributed by atoms with van der Waals surface area (Å²) in [5.74, 6) is -0.500. The third-order valence-corrected chi connectivity index (χ3v) is 1.51. The summed E-state index contributed by atoms with van der Waals surface area (Å²) < 4.78 is 4.75. The lowest BCUT2D eigenvalue weighted by atomic mass is 9.79. The monoisotopic (exact) mass is 171 g/mol. The summed E-state index contributed by atoms with van der Waals surface area (Å²) in [6, 6.07) is 0. The molecule has 0 atom stereocenters. The van der Waals surface area contributed by atoms with E-state index in [1.807, 2.05) is 0 Å². The zero-order chi connectivity index (χ0) is 9.84. The summed E-state index contributed by atoms with van der Waals surface area (Å²) in [5, 5.41) is 0. The normalized spacial score (nSPS) is 9.62. The molecule has 0 aliphatic carbocycles. The van der Waals surface area contributed by atoms with Crippen LogP contribution in [0.2, 0.25) is 0 Å². The molecule has 3 nitrogen and oxygen atoms in total. The van der Waals surface area contributed by atoms with Crippen LogP contribution in [0.4, 0.5) is 0 Å². The highest BCUT2D eigenvalue weighted by Crippen LogP contribution is 1.93. The summed E-state index contributed by atoms with van der Waals surface area (Å²) in [5.41, 5.74) is 0.709. The first-order valence-electron chi connectivity index (χ1n) is 3.83. The first-order valence-corrected chi connectivity index (χ1v) is 3.83. The fourth-order valence-corrected chi connectivity index (χ4v) is 0.858. The molecule has 1 aromatic heterocycles. The molecule has 0 bridgehead atoms. The van der Waals surface area contributed by atoms with Gasteiger partial charge in [0.25, 0.3) is 0 Å². The van der Waals surface area contributed by atoms with Crippen LogP contribution in [-0.2, 0) is 4.74 Å². The maximum Gasteiger partial charge on any atom is 0.339 e. The number of carbonyl (C=O) groups is 1. The minimum Gasteiger partial charge on any atom is -0.462 e. The molecular weight excluding hydrogens is 164 g/mol. The van der Waals surface area contributed by atoms with Gasteiger partial charge in [0.2, 0.25) is 0 Å². The number of carbonyl (C=O) groups excluding carboxylic acids is 1. The Labute approximate surface area is 79.3 Å². The molecule has 13 heavy (non-hydrogen) atoms. The number of nitrogens with zero attached hydrogens (tertiary/aromatic N) is 1. The molecule has 0 fully saturated rings. The molecule has 0 saturated heterocycles. The molecule has 4 radical (unpaired) electrons. The fraction of sp³-hybridized carbons (Fsp3) is 0.250. The highest BCUT2D eigenvalue weighted by molar-refractivity contribution is 6.50. The molecule has 1 aromatic rings. The summed E-state index contributed by atoms with van der Waals surface area (Å²) in [6.45, 7) is 2.01. The van der Waals surface area contributed by atoms with Crippen molar-refractivity contribution >= 4 is 32.6 Å². The van der Waals surface area contributed by atoms with Crippen LogP contribution >= 0.6 is 0 Å². The van der Waals surface area contributed by atoms with Gasteiger partial charge in [-0.25, -0.2) is 4.79 Å². The molecule has 0 aliphatic rings. The van der Waals surface area contributed by atoms with Gasteiger partial charge in [0.05, 0.1) is 12.2 Å². The van der Waals surface area contributed by atoms with E-state index in [9.17, 15) is 4.79 Å². The van der Waals surface area contributed by atoms with Crippen molar-refractivity contribution in [3.63, 3.8) is 0 Å². The summed E-state index contributed by atoms with van der Waals surface area (Å²) in [4.78, 5) is 15.0. The first kappa shape index (κ1) is 9.83. The Morgan fingerprint density at radius 1 is 1.54 bits per heavy atom. The highest BCUT2D eigenvalue weighted by Gasteiger charge is 2.10. The number of hydrogen-bond acceptors (Lipinski definition) is 3. The molecule has 1 heterocycles. The minimum atomic E-state index is -0.500. The van der Waals surface area contributed by atoms with Crippen molar-refractivity contribution in [2.24, 2.45) is 0 Å². The van der Waals surface area contributed by atoms with Gasteiger partial charge in [-0.15, -0.1) is 0 Å². The van der Waals surface area contributed by atoms with Crippen molar-refractivity contribution in [3.8, 4) is 0 Å².